The van der Waals surface area contributed by atoms with Crippen molar-refractivity contribution >= 4 is 0 Å². The van der Waals surface area contributed by atoms with Gasteiger partial charge in [-0.05, 0) is 42.3 Å². The molecule has 0 spiro atoms. The van der Waals surface area contributed by atoms with Crippen molar-refractivity contribution in [2.75, 3.05) is 6.54 Å². The van der Waals surface area contributed by atoms with Gasteiger partial charge in [0.1, 0.15) is 5.82 Å². The highest BCUT2D eigenvalue weighted by molar-refractivity contribution is 5.27. The summed E-state index contributed by atoms with van der Waals surface area (Å²) in [5.41, 5.74) is 3.38. The molecule has 2 aromatic carbocycles. The van der Waals surface area contributed by atoms with Crippen molar-refractivity contribution < 1.29 is 18.7 Å². The lowest BCUT2D eigenvalue weighted by molar-refractivity contribution is -0.677. The molecule has 1 aromatic heterocycles. The highest BCUT2D eigenvalue weighted by Crippen LogP contribution is 2.11. The monoisotopic (exact) mass is 327 g/mol. The molecule has 124 valence electrons. The van der Waals surface area contributed by atoms with Crippen LogP contribution in [0, 0.1) is 12.7 Å². The van der Waals surface area contributed by atoms with Gasteiger partial charge in [-0.2, -0.15) is 0 Å². The number of aromatic nitrogens is 2. The van der Waals surface area contributed by atoms with Crippen molar-refractivity contribution in [1.29, 1.82) is 0 Å². The smallest absolute Gasteiger partial charge is 0.253 e. The number of nitrogens with one attached hydrogen (secondary N) is 1. The summed E-state index contributed by atoms with van der Waals surface area (Å²) >= 11 is 0. The van der Waals surface area contributed by atoms with Gasteiger partial charge in [0.05, 0.1) is 11.8 Å². The summed E-state index contributed by atoms with van der Waals surface area (Å²) in [4.78, 5) is 0. The summed E-state index contributed by atoms with van der Waals surface area (Å²) in [7, 11) is 0. The fourth-order valence-corrected chi connectivity index (χ4v) is 2.39. The minimum absolute atomic E-state index is 0.244. The summed E-state index contributed by atoms with van der Waals surface area (Å²) in [6.45, 7) is 3.00. The summed E-state index contributed by atoms with van der Waals surface area (Å²) in [5.74, 6) is -0.698. The summed E-state index contributed by atoms with van der Waals surface area (Å²) < 4.78 is 19.2. The van der Waals surface area contributed by atoms with Crippen LogP contribution in [0.5, 0.6) is 5.95 Å². The predicted molar refractivity (Wildman–Crippen MR) is 84.0 cm³/mol. The Hall–Kier alpha value is -2.73. The van der Waals surface area contributed by atoms with Crippen LogP contribution in [0.1, 0.15) is 16.8 Å². The molecule has 0 amide bonds. The van der Waals surface area contributed by atoms with Crippen molar-refractivity contribution in [3.05, 3.63) is 71.2 Å². The Bertz CT molecular complexity index is 798. The normalized spacial score (nSPS) is 10.9. The van der Waals surface area contributed by atoms with Gasteiger partial charge in [0.15, 0.2) is 5.95 Å². The molecule has 0 radical (unpaired) electrons. The second-order valence-electron chi connectivity index (χ2n) is 5.61. The lowest BCUT2D eigenvalue weighted by atomic mass is 10.1. The van der Waals surface area contributed by atoms with E-state index in [1.807, 2.05) is 31.2 Å². The Morgan fingerprint density at radius 3 is 2.54 bits per heavy atom. The number of hydrogen-bond donors (Lipinski definition) is 1. The molecule has 0 unspecified atom stereocenters. The maximum absolute atomic E-state index is 12.9. The van der Waals surface area contributed by atoms with Crippen LogP contribution in [0.15, 0.2) is 53.1 Å². The van der Waals surface area contributed by atoms with Crippen LogP contribution in [0.2, 0.25) is 0 Å². The number of halogens is 1. The van der Waals surface area contributed by atoms with E-state index in [0.717, 1.165) is 23.2 Å². The molecule has 1 heterocycles. The third-order valence-corrected chi connectivity index (χ3v) is 3.77. The zero-order valence-electron chi connectivity index (χ0n) is 13.3. The van der Waals surface area contributed by atoms with E-state index in [-0.39, 0.29) is 5.82 Å². The molecular weight excluding hydrogens is 309 g/mol. The molecule has 0 saturated carbocycles. The molecule has 0 fully saturated rings. The number of aryl methyl sites for hydroxylation is 1. The van der Waals surface area contributed by atoms with E-state index in [4.69, 9.17) is 4.52 Å². The highest BCUT2D eigenvalue weighted by atomic mass is 19.1. The van der Waals surface area contributed by atoms with Crippen LogP contribution in [-0.2, 0) is 13.0 Å². The van der Waals surface area contributed by atoms with Gasteiger partial charge in [0.2, 0.25) is 5.69 Å². The number of nitrogens with zero attached hydrogens (tertiary/aromatic N) is 2. The van der Waals surface area contributed by atoms with E-state index in [1.54, 1.807) is 12.1 Å². The maximum atomic E-state index is 12.9. The van der Waals surface area contributed by atoms with Gasteiger partial charge in [-0.15, -0.1) is 0 Å². The molecule has 3 rings (SSSR count). The van der Waals surface area contributed by atoms with Gasteiger partial charge in [-0.25, -0.2) is 4.39 Å². The van der Waals surface area contributed by atoms with Gasteiger partial charge < -0.3 is 14.9 Å². The third-order valence-electron chi connectivity index (χ3n) is 3.77. The SMILES string of the molecule is Cc1ccc(-[n+]2noc([O-])c2CNCCc2ccc(F)cc2)cc1. The molecule has 3 aromatic rings. The highest BCUT2D eigenvalue weighted by Gasteiger charge is 2.19. The van der Waals surface area contributed by atoms with Crippen molar-refractivity contribution in [2.24, 2.45) is 0 Å². The van der Waals surface area contributed by atoms with E-state index in [2.05, 4.69) is 10.6 Å². The minimum atomic E-state index is -0.454. The van der Waals surface area contributed by atoms with E-state index >= 15 is 0 Å². The predicted octanol–water partition coefficient (Wildman–Crippen LogP) is 1.80. The summed E-state index contributed by atoms with van der Waals surface area (Å²) in [6.07, 6.45) is 0.740. The van der Waals surface area contributed by atoms with Crippen LogP contribution in [0.25, 0.3) is 5.69 Å². The molecule has 0 aliphatic carbocycles. The molecule has 0 aliphatic rings. The average molecular weight is 327 g/mol. The first kappa shape index (κ1) is 16.1. The van der Waals surface area contributed by atoms with Crippen molar-refractivity contribution in [1.82, 2.24) is 10.6 Å². The molecular formula is C18H18FN3O2. The maximum Gasteiger partial charge on any atom is 0.253 e. The first-order chi connectivity index (χ1) is 11.6. The zero-order valence-corrected chi connectivity index (χ0v) is 13.3. The Kier molecular flexibility index (Phi) is 4.86. The van der Waals surface area contributed by atoms with Crippen LogP contribution >= 0.6 is 0 Å². The second-order valence-corrected chi connectivity index (χ2v) is 5.61. The fraction of sp³-hybridized carbons (Fsp3) is 0.222. The third kappa shape index (κ3) is 3.78. The number of rotatable bonds is 6. The molecule has 24 heavy (non-hydrogen) atoms. The number of hydrogen-bond acceptors (Lipinski definition) is 4. The molecule has 0 atom stereocenters. The first-order valence-electron chi connectivity index (χ1n) is 7.73. The van der Waals surface area contributed by atoms with E-state index in [1.165, 1.54) is 16.8 Å². The first-order valence-corrected chi connectivity index (χ1v) is 7.73. The zero-order chi connectivity index (χ0) is 16.9. The Labute approximate surface area is 139 Å². The molecule has 0 saturated heterocycles. The van der Waals surface area contributed by atoms with Gasteiger partial charge in [-0.3, -0.25) is 0 Å². The van der Waals surface area contributed by atoms with Crippen LogP contribution in [0.4, 0.5) is 4.39 Å². The topological polar surface area (TPSA) is 65.0 Å². The molecule has 5 nitrogen and oxygen atoms in total. The molecule has 0 bridgehead atoms. The lowest BCUT2D eigenvalue weighted by Crippen LogP contribution is -2.39. The molecule has 1 N–H and O–H groups in total. The Morgan fingerprint density at radius 1 is 1.12 bits per heavy atom. The van der Waals surface area contributed by atoms with E-state index < -0.39 is 5.95 Å². The number of benzene rings is 2. The Morgan fingerprint density at radius 2 is 1.83 bits per heavy atom. The standard InChI is InChI=1S/C18H18FN3O2/c1-13-2-8-16(9-3-13)22-17(18(23)24-21-22)12-20-11-10-14-4-6-15(19)7-5-14/h2-9,20H,10-12H2,1H3. The molecule has 0 aliphatic heterocycles. The van der Waals surface area contributed by atoms with Crippen LogP contribution < -0.4 is 15.1 Å². The van der Waals surface area contributed by atoms with Crippen molar-refractivity contribution in [3.63, 3.8) is 0 Å². The minimum Gasteiger partial charge on any atom is -0.539 e. The van der Waals surface area contributed by atoms with Crippen molar-refractivity contribution in [2.45, 2.75) is 19.9 Å². The van der Waals surface area contributed by atoms with Gasteiger partial charge >= 0.3 is 0 Å². The van der Waals surface area contributed by atoms with Gasteiger partial charge in [-0.1, -0.05) is 29.8 Å². The second kappa shape index (κ2) is 7.23. The van der Waals surface area contributed by atoms with Gasteiger partial charge in [0, 0.05) is 12.1 Å². The van der Waals surface area contributed by atoms with Gasteiger partial charge in [0.25, 0.3) is 5.69 Å². The fourth-order valence-electron chi connectivity index (χ4n) is 2.39. The van der Waals surface area contributed by atoms with Crippen LogP contribution in [0.3, 0.4) is 0 Å². The van der Waals surface area contributed by atoms with E-state index in [9.17, 15) is 9.50 Å². The van der Waals surface area contributed by atoms with E-state index in [0.29, 0.717) is 18.8 Å². The quantitative estimate of drug-likeness (QED) is 0.554. The lowest BCUT2D eigenvalue weighted by Gasteiger charge is -2.04. The summed E-state index contributed by atoms with van der Waals surface area (Å²) in [6, 6.07) is 14.1. The van der Waals surface area contributed by atoms with Crippen LogP contribution in [-0.4, -0.2) is 11.8 Å². The van der Waals surface area contributed by atoms with Crippen molar-refractivity contribution in [3.8, 4) is 11.6 Å². The average Bonchev–Trinajstić information content (AvgIpc) is 2.95. The Balaban J connectivity index is 1.62. The largest absolute Gasteiger partial charge is 0.539 e. The summed E-state index contributed by atoms with van der Waals surface area (Å²) in [5, 5.41) is 18.9. The molecule has 6 heteroatoms.